The molecule has 8 heteroatoms. The Balaban J connectivity index is 0.939. The molecule has 3 aliphatic carbocycles. The lowest BCUT2D eigenvalue weighted by Gasteiger charge is -2.70. The van der Waals surface area contributed by atoms with Crippen LogP contribution in [0, 0.1) is 28.0 Å². The number of carbonyl (C=O) groups is 1. The molecule has 184 valence electrons. The molecule has 0 N–H and O–H groups in total. The van der Waals surface area contributed by atoms with Gasteiger partial charge >= 0.3 is 0 Å². The lowest BCUT2D eigenvalue weighted by Crippen LogP contribution is -2.67. The highest BCUT2D eigenvalue weighted by Gasteiger charge is 2.71. The average Bonchev–Trinajstić information content (AvgIpc) is 3.48. The zero-order valence-electron chi connectivity index (χ0n) is 20.2. The summed E-state index contributed by atoms with van der Waals surface area (Å²) < 4.78 is 15.7. The van der Waals surface area contributed by atoms with Crippen LogP contribution < -0.4 is 0 Å². The molecule has 1 unspecified atom stereocenters. The molecule has 1 amide bonds. The molecular weight excluding hydrogens is 455 g/mol. The van der Waals surface area contributed by atoms with Gasteiger partial charge in [0.15, 0.2) is 0 Å². The highest BCUT2D eigenvalue weighted by molar-refractivity contribution is 5.88. The van der Waals surface area contributed by atoms with E-state index in [0.29, 0.717) is 17.5 Å². The van der Waals surface area contributed by atoms with Crippen LogP contribution in [-0.2, 0) is 11.3 Å². The van der Waals surface area contributed by atoms with Crippen LogP contribution >= 0.6 is 0 Å². The predicted molar refractivity (Wildman–Crippen MR) is 133 cm³/mol. The Labute approximate surface area is 209 Å². The number of aromatic nitrogens is 3. The number of pyridine rings is 1. The second-order valence-corrected chi connectivity index (χ2v) is 10.8. The first kappa shape index (κ1) is 22.8. The van der Waals surface area contributed by atoms with Crippen LogP contribution in [0.3, 0.4) is 0 Å². The number of hydrogen-bond acceptors (Lipinski definition) is 5. The molecule has 3 fully saturated rings. The van der Waals surface area contributed by atoms with Crippen molar-refractivity contribution in [2.45, 2.75) is 70.4 Å². The van der Waals surface area contributed by atoms with Crippen LogP contribution in [-0.4, -0.2) is 31.9 Å². The topological polar surface area (TPSA) is 87.2 Å². The maximum Gasteiger partial charge on any atom is 0.249 e. The Morgan fingerprint density at radius 3 is 2.78 bits per heavy atom. The van der Waals surface area contributed by atoms with E-state index in [-0.39, 0.29) is 23.2 Å². The molecule has 1 aromatic carbocycles. The highest BCUT2D eigenvalue weighted by atomic mass is 19.1. The molecule has 7 nitrogen and oxygen atoms in total. The van der Waals surface area contributed by atoms with E-state index in [1.54, 1.807) is 29.6 Å². The summed E-state index contributed by atoms with van der Waals surface area (Å²) in [5.41, 5.74) is 3.07. The Morgan fingerprint density at radius 1 is 1.14 bits per heavy atom. The fraction of sp³-hybridized carbons (Fsp3) is 0.464. The average molecular weight is 485 g/mol. The van der Waals surface area contributed by atoms with Crippen molar-refractivity contribution in [3.8, 4) is 6.07 Å². The van der Waals surface area contributed by atoms with Gasteiger partial charge in [0.2, 0.25) is 5.91 Å². The number of nitrogens with zero attached hydrogens (tertiary/aromatic N) is 6. The van der Waals surface area contributed by atoms with Crippen molar-refractivity contribution >= 4 is 23.2 Å². The predicted octanol–water partition coefficient (Wildman–Crippen LogP) is 5.52. The Bertz CT molecular complexity index is 1370. The lowest BCUT2D eigenvalue weighted by atomic mass is 9.33. The van der Waals surface area contributed by atoms with Gasteiger partial charge in [-0.15, -0.1) is 0 Å². The molecule has 0 spiro atoms. The Hall–Kier alpha value is -3.60. The Kier molecular flexibility index (Phi) is 5.59. The molecular formula is C28H29FN6O. The summed E-state index contributed by atoms with van der Waals surface area (Å²) in [5, 5.41) is 19.4. The van der Waals surface area contributed by atoms with Gasteiger partial charge < -0.3 is 0 Å². The number of hydrazone groups is 1. The minimum Gasteiger partial charge on any atom is -0.272 e. The number of nitriles is 1. The molecule has 0 saturated heterocycles. The van der Waals surface area contributed by atoms with E-state index < -0.39 is 0 Å². The van der Waals surface area contributed by atoms with E-state index >= 15 is 0 Å². The van der Waals surface area contributed by atoms with E-state index in [2.05, 4.69) is 21.3 Å². The van der Waals surface area contributed by atoms with Crippen LogP contribution in [0.1, 0.15) is 75.1 Å². The zero-order valence-corrected chi connectivity index (χ0v) is 20.2. The number of fused-ring (bicyclic) bond motifs is 1. The van der Waals surface area contributed by atoms with Crippen molar-refractivity contribution in [2.24, 2.45) is 15.9 Å². The third-order valence-electron chi connectivity index (χ3n) is 8.31. The number of carbonyl (C=O) groups excluding carboxylic acids is 1. The van der Waals surface area contributed by atoms with Crippen molar-refractivity contribution in [1.82, 2.24) is 19.8 Å². The van der Waals surface area contributed by atoms with Gasteiger partial charge in [-0.1, -0.05) is 31.4 Å². The maximum absolute atomic E-state index is 13.7. The fourth-order valence-electron chi connectivity index (χ4n) is 6.66. The van der Waals surface area contributed by atoms with Gasteiger partial charge in [-0.05, 0) is 67.3 Å². The number of halogens is 1. The van der Waals surface area contributed by atoms with E-state index in [1.165, 1.54) is 31.4 Å². The largest absolute Gasteiger partial charge is 0.272 e. The molecule has 4 aliphatic rings. The molecule has 2 bridgehead atoms. The minimum absolute atomic E-state index is 0.121. The van der Waals surface area contributed by atoms with Crippen LogP contribution in [0.4, 0.5) is 4.39 Å². The third-order valence-corrected chi connectivity index (χ3v) is 8.31. The first-order valence-electron chi connectivity index (χ1n) is 12.9. The van der Waals surface area contributed by atoms with Gasteiger partial charge in [-0.3, -0.25) is 9.48 Å². The van der Waals surface area contributed by atoms with Gasteiger partial charge in [-0.25, -0.2) is 14.4 Å². The van der Waals surface area contributed by atoms with Crippen LogP contribution in [0.5, 0.6) is 0 Å². The van der Waals surface area contributed by atoms with Gasteiger partial charge in [0.25, 0.3) is 0 Å². The van der Waals surface area contributed by atoms with Crippen molar-refractivity contribution in [3.63, 3.8) is 0 Å². The van der Waals surface area contributed by atoms with Gasteiger partial charge in [0.05, 0.1) is 23.2 Å². The molecule has 3 heterocycles. The summed E-state index contributed by atoms with van der Waals surface area (Å²) in [6, 6.07) is 12.0. The second kappa shape index (κ2) is 8.81. The summed E-state index contributed by atoms with van der Waals surface area (Å²) in [6.45, 7) is 0.850. The van der Waals surface area contributed by atoms with E-state index in [9.17, 15) is 9.18 Å². The standard InChI is InChI=1S/C28H29FN6O/c29-21-7-5-6-20(14-21)24-10-12-31-35(24)26(36)28-17-27(18-28,19-28)11-3-1-2-4-13-34-25-9-8-22(15-30)33-23(25)16-32-34/h5-9,12,14,16,24H,1-4,10-11,13,17-19H2. The molecule has 7 rings (SSSR count). The molecule has 2 aromatic heterocycles. The van der Waals surface area contributed by atoms with Gasteiger partial charge in [-0.2, -0.15) is 15.5 Å². The number of unbranched alkanes of at least 4 members (excludes halogenated alkanes) is 3. The van der Waals surface area contributed by atoms with Crippen LogP contribution in [0.15, 0.2) is 47.7 Å². The zero-order chi connectivity index (χ0) is 24.8. The summed E-state index contributed by atoms with van der Waals surface area (Å²) >= 11 is 0. The molecule has 1 atom stereocenters. The van der Waals surface area contributed by atoms with E-state index in [0.717, 1.165) is 55.2 Å². The molecule has 0 radical (unpaired) electrons. The SMILES string of the molecule is N#Cc1ccc2c(cnn2CCCCCCC23CC(C(=O)N4N=CCC4c4cccc(F)c4)(C2)C3)n1. The van der Waals surface area contributed by atoms with E-state index in [1.807, 2.05) is 16.8 Å². The van der Waals surface area contributed by atoms with Crippen molar-refractivity contribution < 1.29 is 9.18 Å². The summed E-state index contributed by atoms with van der Waals surface area (Å²) in [5.74, 6) is -0.157. The number of benzene rings is 1. The first-order valence-corrected chi connectivity index (χ1v) is 12.9. The number of aryl methyl sites for hydroxylation is 1. The summed E-state index contributed by atoms with van der Waals surface area (Å²) in [7, 11) is 0. The molecule has 3 saturated carbocycles. The highest BCUT2D eigenvalue weighted by Crippen LogP contribution is 2.76. The smallest absolute Gasteiger partial charge is 0.249 e. The van der Waals surface area contributed by atoms with Crippen molar-refractivity contribution in [2.75, 3.05) is 0 Å². The van der Waals surface area contributed by atoms with Crippen LogP contribution in [0.2, 0.25) is 0 Å². The summed E-state index contributed by atoms with van der Waals surface area (Å²) in [6.07, 6.45) is 12.8. The molecule has 3 aromatic rings. The number of amides is 1. The lowest BCUT2D eigenvalue weighted by molar-refractivity contribution is -0.220. The quantitative estimate of drug-likeness (QED) is 0.374. The van der Waals surface area contributed by atoms with Crippen molar-refractivity contribution in [1.29, 1.82) is 5.26 Å². The van der Waals surface area contributed by atoms with Crippen molar-refractivity contribution in [3.05, 3.63) is 59.7 Å². The minimum atomic E-state index is -0.277. The van der Waals surface area contributed by atoms with Gasteiger partial charge in [0, 0.05) is 19.2 Å². The van der Waals surface area contributed by atoms with E-state index in [4.69, 9.17) is 5.26 Å². The Morgan fingerprint density at radius 2 is 1.97 bits per heavy atom. The van der Waals surface area contributed by atoms with Gasteiger partial charge in [0.1, 0.15) is 23.1 Å². The number of hydrogen-bond donors (Lipinski definition) is 0. The third kappa shape index (κ3) is 3.87. The number of rotatable bonds is 9. The molecule has 1 aliphatic heterocycles. The first-order chi connectivity index (χ1) is 17.5. The normalized spacial score (nSPS) is 26.0. The van der Waals surface area contributed by atoms with Crippen LogP contribution in [0.25, 0.3) is 11.0 Å². The monoisotopic (exact) mass is 484 g/mol. The fourth-order valence-corrected chi connectivity index (χ4v) is 6.66. The molecule has 36 heavy (non-hydrogen) atoms. The second-order valence-electron chi connectivity index (χ2n) is 10.8. The maximum atomic E-state index is 13.7. The summed E-state index contributed by atoms with van der Waals surface area (Å²) in [4.78, 5) is 17.6.